The van der Waals surface area contributed by atoms with Gasteiger partial charge in [-0.05, 0) is 87.9 Å². The van der Waals surface area contributed by atoms with Crippen molar-refractivity contribution in [3.05, 3.63) is 194 Å². The van der Waals surface area contributed by atoms with Crippen LogP contribution >= 0.6 is 0 Å². The molecule has 55 heavy (non-hydrogen) atoms. The van der Waals surface area contributed by atoms with E-state index in [4.69, 9.17) is 13.8 Å². The lowest BCUT2D eigenvalue weighted by Gasteiger charge is -2.28. The van der Waals surface area contributed by atoms with Gasteiger partial charge in [-0.15, -0.1) is 0 Å². The van der Waals surface area contributed by atoms with Crippen LogP contribution in [0, 0.1) is 0 Å². The third kappa shape index (κ3) is 5.19. The number of fused-ring (bicyclic) bond motifs is 8. The Labute approximate surface area is 317 Å². The predicted octanol–water partition coefficient (Wildman–Crippen LogP) is 14.5. The summed E-state index contributed by atoms with van der Waals surface area (Å²) in [7, 11) is 0. The Bertz CT molecular complexity index is 3200. The number of anilines is 3. The lowest BCUT2D eigenvalue weighted by atomic mass is 9.95. The summed E-state index contributed by atoms with van der Waals surface area (Å²) in [6, 6.07) is 68.1. The Balaban J connectivity index is 1.14. The lowest BCUT2D eigenvalue weighted by Crippen LogP contribution is -2.11. The van der Waals surface area contributed by atoms with E-state index in [1.165, 1.54) is 0 Å². The maximum absolute atomic E-state index is 6.59. The van der Waals surface area contributed by atoms with Gasteiger partial charge in [-0.2, -0.15) is 0 Å². The largest absolute Gasteiger partial charge is 0.455 e. The average Bonchev–Trinajstić information content (AvgIpc) is 3.87. The first-order valence-corrected chi connectivity index (χ1v) is 18.5. The Hall–Kier alpha value is -7.43. The summed E-state index contributed by atoms with van der Waals surface area (Å²) in [4.78, 5) is 7.28. The molecule has 0 spiro atoms. The second-order valence-electron chi connectivity index (χ2n) is 13.9. The Morgan fingerprint density at radius 2 is 1.09 bits per heavy atom. The van der Waals surface area contributed by atoms with Gasteiger partial charge in [0.15, 0.2) is 5.58 Å². The van der Waals surface area contributed by atoms with Gasteiger partial charge in [0.2, 0.25) is 5.89 Å². The van der Waals surface area contributed by atoms with E-state index < -0.39 is 0 Å². The fraction of sp³-hybridized carbons (Fsp3) is 0. The first-order valence-electron chi connectivity index (χ1n) is 18.5. The average molecular weight is 705 g/mol. The SMILES string of the molecule is c1ccc(-c2nc3ccc4ccc5ccc(N(c6ccccc6)c6ccc(-c7cccc8c7oc7ccccc78)cc6-c6ccccc6)cc5c4c3o2)cc1. The minimum absolute atomic E-state index is 0.619. The van der Waals surface area contributed by atoms with Crippen molar-refractivity contribution in [1.29, 1.82) is 0 Å². The van der Waals surface area contributed by atoms with Crippen LogP contribution in [-0.2, 0) is 0 Å². The van der Waals surface area contributed by atoms with Crippen LogP contribution < -0.4 is 4.90 Å². The van der Waals surface area contributed by atoms with Crippen molar-refractivity contribution in [3.8, 4) is 33.7 Å². The fourth-order valence-electron chi connectivity index (χ4n) is 8.08. The standard InChI is InChI=1S/C51H32N2O2/c1-4-13-33(14-5-1)43-31-37(40-20-12-21-42-41-19-10-11-22-47(41)54-49(40)42)27-30-46(43)53(38-17-8-3-9-18-38)39-28-25-34-23-24-35-26-29-45-50(48(35)44(34)32-39)55-51(52-45)36-15-6-2-7-16-36/h1-32H. The number of benzene rings is 9. The quantitative estimate of drug-likeness (QED) is 0.162. The molecule has 11 rings (SSSR count). The zero-order valence-corrected chi connectivity index (χ0v) is 29.7. The molecule has 2 heterocycles. The monoisotopic (exact) mass is 704 g/mol. The van der Waals surface area contributed by atoms with E-state index in [9.17, 15) is 0 Å². The number of oxazole rings is 1. The van der Waals surface area contributed by atoms with Gasteiger partial charge in [0, 0.05) is 44.2 Å². The number of rotatable bonds is 6. The zero-order chi connectivity index (χ0) is 36.3. The van der Waals surface area contributed by atoms with Gasteiger partial charge >= 0.3 is 0 Å². The Morgan fingerprint density at radius 3 is 1.93 bits per heavy atom. The summed E-state index contributed by atoms with van der Waals surface area (Å²) in [5.41, 5.74) is 11.9. The van der Waals surface area contributed by atoms with Gasteiger partial charge in [-0.3, -0.25) is 0 Å². The first-order chi connectivity index (χ1) is 27.3. The van der Waals surface area contributed by atoms with Gasteiger partial charge in [-0.25, -0.2) is 4.98 Å². The van der Waals surface area contributed by atoms with E-state index >= 15 is 0 Å². The van der Waals surface area contributed by atoms with Gasteiger partial charge in [-0.1, -0.05) is 133 Å². The second-order valence-corrected chi connectivity index (χ2v) is 13.9. The van der Waals surface area contributed by atoms with E-state index in [0.717, 1.165) is 99.5 Å². The number of hydrogen-bond acceptors (Lipinski definition) is 4. The van der Waals surface area contributed by atoms with Crippen molar-refractivity contribution in [1.82, 2.24) is 4.98 Å². The van der Waals surface area contributed by atoms with Gasteiger partial charge < -0.3 is 13.7 Å². The molecule has 0 saturated carbocycles. The molecule has 4 nitrogen and oxygen atoms in total. The number of nitrogens with zero attached hydrogens (tertiary/aromatic N) is 2. The Kier molecular flexibility index (Phi) is 7.14. The highest BCUT2D eigenvalue weighted by Gasteiger charge is 2.21. The highest BCUT2D eigenvalue weighted by atomic mass is 16.3. The third-order valence-electron chi connectivity index (χ3n) is 10.7. The molecule has 0 saturated heterocycles. The number of hydrogen-bond donors (Lipinski definition) is 0. The van der Waals surface area contributed by atoms with Crippen LogP contribution in [-0.4, -0.2) is 4.98 Å². The van der Waals surface area contributed by atoms with E-state index in [1.54, 1.807) is 0 Å². The molecular formula is C51H32N2O2. The molecule has 0 N–H and O–H groups in total. The smallest absolute Gasteiger partial charge is 0.227 e. The van der Waals surface area contributed by atoms with Crippen LogP contribution in [0.2, 0.25) is 0 Å². The van der Waals surface area contributed by atoms with Crippen molar-refractivity contribution < 1.29 is 8.83 Å². The lowest BCUT2D eigenvalue weighted by molar-refractivity contribution is 0.623. The van der Waals surface area contributed by atoms with E-state index in [1.807, 2.05) is 42.5 Å². The van der Waals surface area contributed by atoms with E-state index in [-0.39, 0.29) is 0 Å². The minimum Gasteiger partial charge on any atom is -0.455 e. The van der Waals surface area contributed by atoms with E-state index in [2.05, 4.69) is 157 Å². The summed E-state index contributed by atoms with van der Waals surface area (Å²) >= 11 is 0. The summed E-state index contributed by atoms with van der Waals surface area (Å²) in [5.74, 6) is 0.619. The second kappa shape index (κ2) is 12.6. The van der Waals surface area contributed by atoms with Crippen molar-refractivity contribution in [2.75, 3.05) is 4.90 Å². The maximum Gasteiger partial charge on any atom is 0.227 e. The highest BCUT2D eigenvalue weighted by molar-refractivity contribution is 6.19. The molecule has 4 heteroatoms. The van der Waals surface area contributed by atoms with Crippen LogP contribution in [0.15, 0.2) is 203 Å². The van der Waals surface area contributed by atoms with Crippen molar-refractivity contribution in [2.45, 2.75) is 0 Å². The Morgan fingerprint density at radius 1 is 0.400 bits per heavy atom. The fourth-order valence-corrected chi connectivity index (χ4v) is 8.08. The van der Waals surface area contributed by atoms with Gasteiger partial charge in [0.25, 0.3) is 0 Å². The first kappa shape index (κ1) is 31.1. The molecule has 0 aliphatic heterocycles. The van der Waals surface area contributed by atoms with Crippen molar-refractivity contribution in [3.63, 3.8) is 0 Å². The minimum atomic E-state index is 0.619. The molecule has 2 aromatic heterocycles. The number of para-hydroxylation sites is 3. The molecule has 0 radical (unpaired) electrons. The maximum atomic E-state index is 6.59. The van der Waals surface area contributed by atoms with E-state index in [0.29, 0.717) is 5.89 Å². The highest BCUT2D eigenvalue weighted by Crippen LogP contribution is 2.45. The molecule has 0 bridgehead atoms. The molecule has 258 valence electrons. The molecule has 9 aromatic carbocycles. The summed E-state index contributed by atoms with van der Waals surface area (Å²) in [6.45, 7) is 0. The summed E-state index contributed by atoms with van der Waals surface area (Å²) in [6.07, 6.45) is 0. The molecule has 11 aromatic rings. The van der Waals surface area contributed by atoms with Crippen molar-refractivity contribution >= 4 is 71.6 Å². The molecule has 0 amide bonds. The molecule has 0 aliphatic carbocycles. The topological polar surface area (TPSA) is 42.4 Å². The normalized spacial score (nSPS) is 11.6. The summed E-state index contributed by atoms with van der Waals surface area (Å²) < 4.78 is 13.1. The molecule has 0 atom stereocenters. The third-order valence-corrected chi connectivity index (χ3v) is 10.7. The molecular weight excluding hydrogens is 673 g/mol. The number of aromatic nitrogens is 1. The van der Waals surface area contributed by atoms with Gasteiger partial charge in [0.05, 0.1) is 5.69 Å². The zero-order valence-electron chi connectivity index (χ0n) is 29.7. The van der Waals surface area contributed by atoms with Crippen LogP contribution in [0.1, 0.15) is 0 Å². The number of furan rings is 1. The molecule has 0 aliphatic rings. The van der Waals surface area contributed by atoms with Crippen molar-refractivity contribution in [2.24, 2.45) is 0 Å². The van der Waals surface area contributed by atoms with Crippen LogP contribution in [0.25, 0.3) is 88.3 Å². The predicted molar refractivity (Wildman–Crippen MR) is 227 cm³/mol. The molecule has 0 fully saturated rings. The van der Waals surface area contributed by atoms with Crippen LogP contribution in [0.3, 0.4) is 0 Å². The van der Waals surface area contributed by atoms with Crippen LogP contribution in [0.5, 0.6) is 0 Å². The van der Waals surface area contributed by atoms with Gasteiger partial charge in [0.1, 0.15) is 16.7 Å². The summed E-state index contributed by atoms with van der Waals surface area (Å²) in [5, 5.41) is 6.63. The van der Waals surface area contributed by atoms with Crippen LogP contribution in [0.4, 0.5) is 17.1 Å². The molecule has 0 unspecified atom stereocenters.